The lowest BCUT2D eigenvalue weighted by Gasteiger charge is -2.25. The standard InChI is InChI=1S/C31H26N4O2S/c1-19-13-15-21(16-14-19)28-27(29(36)33-23-9-5-4-6-10-23)20(2)32-31-35(28)30(37)26(38-31)17-22-18-34(3)25-12-8-7-11-24(22)25/h4-18,28H,1-3H3,(H,33,36)/b26-17-/t28-/m0/s1. The lowest BCUT2D eigenvalue weighted by molar-refractivity contribution is -0.113. The summed E-state index contributed by atoms with van der Waals surface area (Å²) < 4.78 is 4.30. The van der Waals surface area contributed by atoms with Gasteiger partial charge in [0.05, 0.1) is 21.8 Å². The number of aryl methyl sites for hydroxylation is 2. The molecule has 1 atom stereocenters. The van der Waals surface area contributed by atoms with E-state index in [1.54, 1.807) is 4.57 Å². The Labute approximate surface area is 223 Å². The molecule has 0 bridgehead atoms. The number of allylic oxidation sites excluding steroid dienone is 1. The first-order valence-corrected chi connectivity index (χ1v) is 13.2. The number of anilines is 1. The number of amides is 1. The molecule has 0 fully saturated rings. The fourth-order valence-electron chi connectivity index (χ4n) is 5.03. The van der Waals surface area contributed by atoms with E-state index in [2.05, 4.69) is 22.0 Å². The number of fused-ring (bicyclic) bond motifs is 2. The number of carbonyl (C=O) groups excluding carboxylic acids is 1. The van der Waals surface area contributed by atoms with Crippen molar-refractivity contribution in [2.45, 2.75) is 19.9 Å². The van der Waals surface area contributed by atoms with Crippen molar-refractivity contribution in [3.63, 3.8) is 0 Å². The van der Waals surface area contributed by atoms with Crippen LogP contribution in [0.4, 0.5) is 5.69 Å². The second-order valence-electron chi connectivity index (χ2n) is 9.53. The van der Waals surface area contributed by atoms with Crippen molar-refractivity contribution in [1.29, 1.82) is 0 Å². The third-order valence-electron chi connectivity index (χ3n) is 6.91. The fraction of sp³-hybridized carbons (Fsp3) is 0.129. The van der Waals surface area contributed by atoms with Gasteiger partial charge in [0.2, 0.25) is 0 Å². The topological polar surface area (TPSA) is 68.4 Å². The normalized spacial score (nSPS) is 15.4. The first-order chi connectivity index (χ1) is 18.4. The Hall–Kier alpha value is -4.49. The summed E-state index contributed by atoms with van der Waals surface area (Å²) in [6.45, 7) is 3.85. The number of nitrogens with one attached hydrogen (secondary N) is 1. The molecule has 0 unspecified atom stereocenters. The molecule has 0 aliphatic carbocycles. The molecule has 1 N–H and O–H groups in total. The van der Waals surface area contributed by atoms with E-state index in [0.717, 1.165) is 27.6 Å². The minimum Gasteiger partial charge on any atom is -0.350 e. The molecule has 0 radical (unpaired) electrons. The summed E-state index contributed by atoms with van der Waals surface area (Å²) in [7, 11) is 2.00. The zero-order chi connectivity index (χ0) is 26.4. The molecule has 1 aliphatic rings. The van der Waals surface area contributed by atoms with E-state index in [4.69, 9.17) is 4.99 Å². The molecule has 2 aromatic heterocycles. The fourth-order valence-corrected chi connectivity index (χ4v) is 6.06. The Morgan fingerprint density at radius 1 is 0.974 bits per heavy atom. The summed E-state index contributed by atoms with van der Waals surface area (Å²) in [5.74, 6) is -0.272. The van der Waals surface area contributed by atoms with E-state index in [9.17, 15) is 9.59 Å². The van der Waals surface area contributed by atoms with Crippen LogP contribution in [0.15, 0.2) is 106 Å². The zero-order valence-electron chi connectivity index (χ0n) is 21.3. The lowest BCUT2D eigenvalue weighted by Crippen LogP contribution is -2.40. The third-order valence-corrected chi connectivity index (χ3v) is 7.89. The van der Waals surface area contributed by atoms with Gasteiger partial charge < -0.3 is 9.88 Å². The molecule has 0 saturated carbocycles. The van der Waals surface area contributed by atoms with Crippen LogP contribution in [0.3, 0.4) is 0 Å². The predicted octanol–water partition coefficient (Wildman–Crippen LogP) is 4.67. The predicted molar refractivity (Wildman–Crippen MR) is 153 cm³/mol. The third kappa shape index (κ3) is 4.11. The van der Waals surface area contributed by atoms with Gasteiger partial charge in [0.25, 0.3) is 11.5 Å². The van der Waals surface area contributed by atoms with Crippen LogP contribution < -0.4 is 20.2 Å². The zero-order valence-corrected chi connectivity index (χ0v) is 22.1. The maximum Gasteiger partial charge on any atom is 0.271 e. The van der Waals surface area contributed by atoms with Crippen molar-refractivity contribution in [1.82, 2.24) is 9.13 Å². The molecule has 0 saturated heterocycles. The molecule has 188 valence electrons. The number of hydrogen-bond donors (Lipinski definition) is 1. The maximum absolute atomic E-state index is 14.0. The van der Waals surface area contributed by atoms with Gasteiger partial charge in [-0.15, -0.1) is 0 Å². The molecular weight excluding hydrogens is 492 g/mol. The van der Waals surface area contributed by atoms with Crippen LogP contribution in [0, 0.1) is 6.92 Å². The van der Waals surface area contributed by atoms with Gasteiger partial charge in [-0.25, -0.2) is 4.99 Å². The van der Waals surface area contributed by atoms with Crippen molar-refractivity contribution >= 4 is 39.9 Å². The number of benzene rings is 3. The molecule has 7 heteroatoms. The summed E-state index contributed by atoms with van der Waals surface area (Å²) in [5, 5.41) is 4.07. The van der Waals surface area contributed by atoms with Gasteiger partial charge >= 0.3 is 0 Å². The van der Waals surface area contributed by atoms with Gasteiger partial charge in [-0.3, -0.25) is 14.2 Å². The smallest absolute Gasteiger partial charge is 0.271 e. The second-order valence-corrected chi connectivity index (χ2v) is 10.5. The van der Waals surface area contributed by atoms with Crippen LogP contribution in [0.2, 0.25) is 0 Å². The van der Waals surface area contributed by atoms with Crippen LogP contribution in [0.25, 0.3) is 17.0 Å². The van der Waals surface area contributed by atoms with Gasteiger partial charge in [0, 0.05) is 35.4 Å². The van der Waals surface area contributed by atoms with E-state index in [0.29, 0.717) is 26.3 Å². The number of aromatic nitrogens is 2. The van der Waals surface area contributed by atoms with Crippen LogP contribution in [0.5, 0.6) is 0 Å². The molecule has 38 heavy (non-hydrogen) atoms. The van der Waals surface area contributed by atoms with Gasteiger partial charge in [0.15, 0.2) is 4.80 Å². The van der Waals surface area contributed by atoms with Crippen molar-refractivity contribution in [2.24, 2.45) is 12.0 Å². The molecule has 1 aliphatic heterocycles. The van der Waals surface area contributed by atoms with E-state index < -0.39 is 6.04 Å². The highest BCUT2D eigenvalue weighted by Crippen LogP contribution is 2.31. The van der Waals surface area contributed by atoms with Crippen LogP contribution >= 0.6 is 11.3 Å². The van der Waals surface area contributed by atoms with Crippen molar-refractivity contribution < 1.29 is 4.79 Å². The first kappa shape index (κ1) is 23.9. The number of rotatable bonds is 4. The monoisotopic (exact) mass is 518 g/mol. The Kier molecular flexibility index (Phi) is 5.93. The highest BCUT2D eigenvalue weighted by Gasteiger charge is 2.32. The molecule has 6 rings (SSSR count). The van der Waals surface area contributed by atoms with Gasteiger partial charge in [-0.2, -0.15) is 0 Å². The van der Waals surface area contributed by atoms with Gasteiger partial charge in [0.1, 0.15) is 0 Å². The molecule has 0 spiro atoms. The number of para-hydroxylation sites is 2. The number of carbonyl (C=O) groups is 1. The molecule has 5 aromatic rings. The molecular formula is C31H26N4O2S. The average molecular weight is 519 g/mol. The Bertz CT molecular complexity index is 1910. The summed E-state index contributed by atoms with van der Waals surface area (Å²) in [6.07, 6.45) is 3.96. The Balaban J connectivity index is 1.53. The van der Waals surface area contributed by atoms with Crippen LogP contribution in [-0.2, 0) is 11.8 Å². The molecule has 1 amide bonds. The molecule has 6 nitrogen and oxygen atoms in total. The summed E-state index contributed by atoms with van der Waals surface area (Å²) >= 11 is 1.35. The second kappa shape index (κ2) is 9.43. The average Bonchev–Trinajstić information content (AvgIpc) is 3.40. The van der Waals surface area contributed by atoms with Gasteiger partial charge in [-0.05, 0) is 43.7 Å². The SMILES string of the molecule is CC1=C(C(=O)Nc2ccccc2)[C@H](c2ccc(C)cc2)n2c(s/c(=C\c3cn(C)c4ccccc34)c2=O)=N1. The molecule has 3 heterocycles. The van der Waals surface area contributed by atoms with E-state index >= 15 is 0 Å². The number of hydrogen-bond acceptors (Lipinski definition) is 4. The highest BCUT2D eigenvalue weighted by molar-refractivity contribution is 7.07. The highest BCUT2D eigenvalue weighted by atomic mass is 32.1. The minimum atomic E-state index is -0.592. The van der Waals surface area contributed by atoms with E-state index in [1.807, 2.05) is 99.9 Å². The largest absolute Gasteiger partial charge is 0.350 e. The van der Waals surface area contributed by atoms with Gasteiger partial charge in [-0.1, -0.05) is 77.6 Å². The van der Waals surface area contributed by atoms with Crippen LogP contribution in [-0.4, -0.2) is 15.0 Å². The van der Waals surface area contributed by atoms with Crippen molar-refractivity contribution in [2.75, 3.05) is 5.32 Å². The lowest BCUT2D eigenvalue weighted by atomic mass is 9.94. The van der Waals surface area contributed by atoms with Crippen molar-refractivity contribution in [3.8, 4) is 0 Å². The number of thiazole rings is 1. The Morgan fingerprint density at radius 2 is 1.68 bits per heavy atom. The summed E-state index contributed by atoms with van der Waals surface area (Å²) in [5.41, 5.74) is 5.62. The summed E-state index contributed by atoms with van der Waals surface area (Å²) in [6, 6.07) is 24.8. The van der Waals surface area contributed by atoms with E-state index in [1.165, 1.54) is 11.3 Å². The number of nitrogens with zero attached hydrogens (tertiary/aromatic N) is 3. The first-order valence-electron chi connectivity index (χ1n) is 12.4. The minimum absolute atomic E-state index is 0.162. The van der Waals surface area contributed by atoms with Crippen LogP contribution in [0.1, 0.15) is 29.7 Å². The van der Waals surface area contributed by atoms with E-state index in [-0.39, 0.29) is 11.5 Å². The van der Waals surface area contributed by atoms with Crippen molar-refractivity contribution in [3.05, 3.63) is 133 Å². The quantitative estimate of drug-likeness (QED) is 0.376. The summed E-state index contributed by atoms with van der Waals surface area (Å²) in [4.78, 5) is 32.9. The maximum atomic E-state index is 14.0. The Morgan fingerprint density at radius 3 is 2.45 bits per heavy atom. The molecule has 3 aromatic carbocycles.